The summed E-state index contributed by atoms with van der Waals surface area (Å²) in [7, 11) is 2.50. The number of rotatable bonds is 0. The van der Waals surface area contributed by atoms with Crippen LogP contribution in [-0.2, 0) is 23.5 Å². The summed E-state index contributed by atoms with van der Waals surface area (Å²) in [5.74, 6) is 0. The standard InChI is InChI=1S/C2H7N.5BHO2/c1-3-2;5*2-1-3/h3H,1-2H3;5*2H. The first kappa shape index (κ1) is 36.0. The van der Waals surface area contributed by atoms with Gasteiger partial charge in [0.1, 0.15) is 0 Å². The molecule has 0 atom stereocenters. The molecular formula is C2H12B5NO10. The maximum absolute atomic E-state index is 8.36. The van der Waals surface area contributed by atoms with Gasteiger partial charge in [0.15, 0.2) is 0 Å². The molecule has 0 unspecified atom stereocenters. The van der Waals surface area contributed by atoms with E-state index in [1.165, 1.54) is 0 Å². The Morgan fingerprint density at radius 2 is 0.556 bits per heavy atom. The summed E-state index contributed by atoms with van der Waals surface area (Å²) in [4.78, 5) is 0. The second kappa shape index (κ2) is 170. The van der Waals surface area contributed by atoms with Crippen LogP contribution in [0.5, 0.6) is 0 Å². The van der Waals surface area contributed by atoms with Gasteiger partial charge in [-0.3, -0.25) is 0 Å². The molecule has 0 aliphatic carbocycles. The van der Waals surface area contributed by atoms with E-state index in [0.717, 1.165) is 0 Å². The van der Waals surface area contributed by atoms with Gasteiger partial charge in [-0.15, -0.1) is 0 Å². The van der Waals surface area contributed by atoms with E-state index < -0.39 is 0 Å². The molecule has 0 radical (unpaired) electrons. The fourth-order valence-corrected chi connectivity index (χ4v) is 0. The van der Waals surface area contributed by atoms with Crippen LogP contribution in [0.25, 0.3) is 0 Å². The molecule has 0 saturated heterocycles. The van der Waals surface area contributed by atoms with Crippen molar-refractivity contribution in [3.63, 3.8) is 0 Å². The zero-order chi connectivity index (χ0) is 16.2. The molecule has 0 aliphatic heterocycles. The number of hydrogen-bond acceptors (Lipinski definition) is 6. The van der Waals surface area contributed by atoms with Gasteiger partial charge in [0.25, 0.3) is 0 Å². The Kier molecular flexibility index (Phi) is 339. The Hall–Kier alpha value is -1.72. The van der Waals surface area contributed by atoms with Crippen LogP contribution in [0.4, 0.5) is 0 Å². The topological polar surface area (TPSA) is 199 Å². The second-order valence-electron chi connectivity index (χ2n) is 1.03. The molecule has 16 heteroatoms. The summed E-state index contributed by atoms with van der Waals surface area (Å²) in [5.41, 5.74) is 0. The van der Waals surface area contributed by atoms with Gasteiger partial charge in [0.2, 0.25) is 0 Å². The second-order valence-corrected chi connectivity index (χ2v) is 1.03. The van der Waals surface area contributed by atoms with Crippen LogP contribution in [0.2, 0.25) is 0 Å². The van der Waals surface area contributed by atoms with E-state index in [4.69, 9.17) is 48.6 Å². The minimum absolute atomic E-state index is 0.250. The van der Waals surface area contributed by atoms with E-state index in [2.05, 4.69) is 5.32 Å². The van der Waals surface area contributed by atoms with Crippen LogP contribution in [0, 0.1) is 0 Å². The van der Waals surface area contributed by atoms with Crippen molar-refractivity contribution in [3.8, 4) is 0 Å². The summed E-state index contributed by atoms with van der Waals surface area (Å²) < 4.78 is 41.8. The minimum atomic E-state index is -0.250. The van der Waals surface area contributed by atoms with Crippen molar-refractivity contribution in [2.45, 2.75) is 0 Å². The van der Waals surface area contributed by atoms with Gasteiger partial charge >= 0.3 is 85.4 Å². The molecule has 6 N–H and O–H groups in total. The van der Waals surface area contributed by atoms with Crippen LogP contribution in [-0.4, -0.2) is 76.0 Å². The average molecular weight is 264 g/mol. The van der Waals surface area contributed by atoms with Gasteiger partial charge in [0.05, 0.1) is 0 Å². The molecule has 0 aromatic rings. The first-order chi connectivity index (χ1) is 8.49. The van der Waals surface area contributed by atoms with E-state index in [1.54, 1.807) is 0 Å². The van der Waals surface area contributed by atoms with Crippen molar-refractivity contribution < 1.29 is 48.6 Å². The average Bonchev–Trinajstić information content (AvgIpc) is 2.23. The third-order valence-corrected chi connectivity index (χ3v) is 0. The van der Waals surface area contributed by atoms with Crippen molar-refractivity contribution in [1.82, 2.24) is 5.32 Å². The van der Waals surface area contributed by atoms with Crippen molar-refractivity contribution >= 4 is 36.8 Å². The fraction of sp³-hybridized carbons (Fsp3) is 1.00. The van der Waals surface area contributed by atoms with Crippen LogP contribution in [0.1, 0.15) is 0 Å². The predicted molar refractivity (Wildman–Crippen MR) is 58.3 cm³/mol. The molecule has 11 nitrogen and oxygen atoms in total. The summed E-state index contributed by atoms with van der Waals surface area (Å²) in [5, 5.41) is 37.2. The SMILES string of the molecule is CNC.O=BO.O=BO.O=BO.O=BO.O=BO. The molecule has 0 saturated carbocycles. The van der Waals surface area contributed by atoms with Gasteiger partial charge in [-0.05, 0) is 14.1 Å². The molecular weight excluding hydrogens is 252 g/mol. The van der Waals surface area contributed by atoms with Crippen LogP contribution >= 0.6 is 0 Å². The molecule has 0 bridgehead atoms. The fourth-order valence-electron chi connectivity index (χ4n) is 0. The number of hydrogen-bond donors (Lipinski definition) is 6. The zero-order valence-corrected chi connectivity index (χ0v) is 9.66. The van der Waals surface area contributed by atoms with E-state index in [9.17, 15) is 0 Å². The summed E-state index contributed by atoms with van der Waals surface area (Å²) in [6.07, 6.45) is 0. The normalized spacial score (nSPS) is 3.22. The van der Waals surface area contributed by atoms with E-state index in [-0.39, 0.29) is 36.8 Å². The molecule has 0 spiro atoms. The molecule has 0 fully saturated rings. The summed E-state index contributed by atoms with van der Waals surface area (Å²) in [6.45, 7) is 0. The quantitative estimate of drug-likeness (QED) is 0.228. The Morgan fingerprint density at radius 1 is 0.556 bits per heavy atom. The third-order valence-electron chi connectivity index (χ3n) is 0. The van der Waals surface area contributed by atoms with E-state index in [1.807, 2.05) is 14.1 Å². The van der Waals surface area contributed by atoms with E-state index >= 15 is 0 Å². The maximum atomic E-state index is 8.36. The Labute approximate surface area is 106 Å². The first-order valence-electron chi connectivity index (χ1n) is 3.47. The van der Waals surface area contributed by atoms with Crippen LogP contribution < -0.4 is 5.32 Å². The molecule has 0 aromatic carbocycles. The summed E-state index contributed by atoms with van der Waals surface area (Å²) >= 11 is 0. The zero-order valence-electron chi connectivity index (χ0n) is 9.66. The monoisotopic (exact) mass is 265 g/mol. The molecule has 0 amide bonds. The molecule has 0 aliphatic rings. The Bertz CT molecular complexity index is 111. The number of nitrogens with one attached hydrogen (secondary N) is 1. The van der Waals surface area contributed by atoms with Crippen LogP contribution in [0.3, 0.4) is 0 Å². The van der Waals surface area contributed by atoms with Gasteiger partial charge in [-0.1, -0.05) is 0 Å². The van der Waals surface area contributed by atoms with Gasteiger partial charge < -0.3 is 5.32 Å². The van der Waals surface area contributed by atoms with Crippen LogP contribution in [0.15, 0.2) is 0 Å². The molecule has 18 heavy (non-hydrogen) atoms. The van der Waals surface area contributed by atoms with Gasteiger partial charge in [0, 0.05) is 0 Å². The molecule has 0 heterocycles. The summed E-state index contributed by atoms with van der Waals surface area (Å²) in [6, 6.07) is 0. The third kappa shape index (κ3) is 857. The van der Waals surface area contributed by atoms with Gasteiger partial charge in [-0.2, -0.15) is 0 Å². The van der Waals surface area contributed by atoms with Gasteiger partial charge in [-0.25, -0.2) is 0 Å². The van der Waals surface area contributed by atoms with Crippen molar-refractivity contribution in [1.29, 1.82) is 0 Å². The molecule has 0 rings (SSSR count). The van der Waals surface area contributed by atoms with Crippen molar-refractivity contribution in [3.05, 3.63) is 0 Å². The predicted octanol–water partition coefficient (Wildman–Crippen LogP) is -5.45. The first-order valence-corrected chi connectivity index (χ1v) is 3.47. The van der Waals surface area contributed by atoms with Crippen molar-refractivity contribution in [2.75, 3.05) is 14.1 Å². The van der Waals surface area contributed by atoms with E-state index in [0.29, 0.717) is 0 Å². The Morgan fingerprint density at radius 3 is 0.556 bits per heavy atom. The Balaban J connectivity index is -0.0000000240. The molecule has 0 aromatic heterocycles. The van der Waals surface area contributed by atoms with Crippen molar-refractivity contribution in [2.24, 2.45) is 0 Å². The molecule has 100 valence electrons.